The minimum absolute atomic E-state index is 0.209. The second-order valence-corrected chi connectivity index (χ2v) is 4.06. The first-order valence-corrected chi connectivity index (χ1v) is 5.37. The Kier molecular flexibility index (Phi) is 3.03. The summed E-state index contributed by atoms with van der Waals surface area (Å²) in [7, 11) is 4.02. The summed E-state index contributed by atoms with van der Waals surface area (Å²) in [6, 6.07) is 6.16. The Morgan fingerprint density at radius 1 is 1.33 bits per heavy atom. The van der Waals surface area contributed by atoms with Crippen molar-refractivity contribution in [1.29, 1.82) is 0 Å². The first-order valence-electron chi connectivity index (χ1n) is 4.84. The van der Waals surface area contributed by atoms with Gasteiger partial charge in [-0.2, -0.15) is 0 Å². The fraction of sp³-hybridized carbons (Fsp3) is 0.455. The summed E-state index contributed by atoms with van der Waals surface area (Å²) in [5.74, 6) is 2.18. The van der Waals surface area contributed by atoms with E-state index in [-0.39, 0.29) is 6.04 Å². The van der Waals surface area contributed by atoms with Gasteiger partial charge in [-0.15, -0.1) is 11.6 Å². The number of hydrogen-bond acceptors (Lipinski definition) is 3. The zero-order chi connectivity index (χ0) is 10.8. The van der Waals surface area contributed by atoms with Gasteiger partial charge in [0.05, 0.1) is 0 Å². The van der Waals surface area contributed by atoms with Crippen LogP contribution in [0.3, 0.4) is 0 Å². The Bertz CT molecular complexity index is 354. The number of benzene rings is 1. The average molecular weight is 228 g/mol. The monoisotopic (exact) mass is 227 g/mol. The molecule has 1 heterocycles. The molecule has 1 atom stereocenters. The molecule has 1 aliphatic heterocycles. The molecule has 0 aromatic heterocycles. The Labute approximate surface area is 94.5 Å². The van der Waals surface area contributed by atoms with E-state index in [4.69, 9.17) is 21.1 Å². The van der Waals surface area contributed by atoms with Gasteiger partial charge in [0.1, 0.15) is 0 Å². The van der Waals surface area contributed by atoms with Crippen molar-refractivity contribution in [3.8, 4) is 11.5 Å². The Morgan fingerprint density at radius 2 is 2.07 bits per heavy atom. The number of fused-ring (bicyclic) bond motifs is 1. The molecule has 1 unspecified atom stereocenters. The molecule has 4 heteroatoms. The van der Waals surface area contributed by atoms with Crippen LogP contribution in [0.4, 0.5) is 0 Å². The Balaban J connectivity index is 2.28. The quantitative estimate of drug-likeness (QED) is 0.740. The molecule has 1 aliphatic rings. The minimum atomic E-state index is 0.209. The topological polar surface area (TPSA) is 21.7 Å². The van der Waals surface area contributed by atoms with Crippen LogP contribution in [-0.4, -0.2) is 31.7 Å². The first kappa shape index (κ1) is 10.6. The molecule has 1 aromatic rings. The molecule has 3 nitrogen and oxygen atoms in total. The molecule has 1 aromatic carbocycles. The van der Waals surface area contributed by atoms with E-state index >= 15 is 0 Å². The zero-order valence-electron chi connectivity index (χ0n) is 8.87. The van der Waals surface area contributed by atoms with Gasteiger partial charge in [-0.25, -0.2) is 0 Å². The molecule has 0 fully saturated rings. The molecule has 0 amide bonds. The van der Waals surface area contributed by atoms with Crippen molar-refractivity contribution < 1.29 is 9.47 Å². The highest BCUT2D eigenvalue weighted by Gasteiger charge is 2.18. The van der Waals surface area contributed by atoms with E-state index in [9.17, 15) is 0 Å². The lowest BCUT2D eigenvalue weighted by atomic mass is 10.1. The van der Waals surface area contributed by atoms with Gasteiger partial charge in [0.2, 0.25) is 6.79 Å². The largest absolute Gasteiger partial charge is 0.454 e. The summed E-state index contributed by atoms with van der Waals surface area (Å²) in [5, 5.41) is 0. The maximum Gasteiger partial charge on any atom is 0.231 e. The van der Waals surface area contributed by atoms with Gasteiger partial charge >= 0.3 is 0 Å². The van der Waals surface area contributed by atoms with Crippen molar-refractivity contribution >= 4 is 11.6 Å². The Hall–Kier alpha value is -0.930. The van der Waals surface area contributed by atoms with Crippen LogP contribution in [0.15, 0.2) is 18.2 Å². The van der Waals surface area contributed by atoms with Gasteiger partial charge in [0.15, 0.2) is 11.5 Å². The summed E-state index contributed by atoms with van der Waals surface area (Å²) in [6.45, 7) is 0.312. The van der Waals surface area contributed by atoms with Crippen molar-refractivity contribution in [2.75, 3.05) is 26.8 Å². The van der Waals surface area contributed by atoms with Crippen molar-refractivity contribution in [3.05, 3.63) is 23.8 Å². The lowest BCUT2D eigenvalue weighted by Gasteiger charge is -2.22. The molecular weight excluding hydrogens is 214 g/mol. The third kappa shape index (κ3) is 2.03. The van der Waals surface area contributed by atoms with Crippen LogP contribution in [0.1, 0.15) is 11.6 Å². The van der Waals surface area contributed by atoms with Crippen molar-refractivity contribution in [1.82, 2.24) is 4.90 Å². The molecule has 0 spiro atoms. The maximum absolute atomic E-state index is 5.93. The summed E-state index contributed by atoms with van der Waals surface area (Å²) in [5.41, 5.74) is 1.15. The molecule has 15 heavy (non-hydrogen) atoms. The third-order valence-electron chi connectivity index (χ3n) is 2.55. The molecule has 0 saturated carbocycles. The normalized spacial score (nSPS) is 15.7. The SMILES string of the molecule is CN(C)C(CCl)c1ccc2c(c1)OCO2. The predicted octanol–water partition coefficient (Wildman–Crippen LogP) is 2.26. The summed E-state index contributed by atoms with van der Waals surface area (Å²) in [6.07, 6.45) is 0. The van der Waals surface area contributed by atoms with Crippen LogP contribution in [-0.2, 0) is 0 Å². The fourth-order valence-corrected chi connectivity index (χ4v) is 2.10. The second-order valence-electron chi connectivity index (χ2n) is 3.75. The lowest BCUT2D eigenvalue weighted by molar-refractivity contribution is 0.174. The number of rotatable bonds is 3. The van der Waals surface area contributed by atoms with Crippen LogP contribution in [0.5, 0.6) is 11.5 Å². The van der Waals surface area contributed by atoms with E-state index in [1.807, 2.05) is 32.3 Å². The molecular formula is C11H14ClNO2. The van der Waals surface area contributed by atoms with Gasteiger partial charge in [0, 0.05) is 11.9 Å². The van der Waals surface area contributed by atoms with Crippen LogP contribution in [0, 0.1) is 0 Å². The molecule has 0 aliphatic carbocycles. The highest BCUT2D eigenvalue weighted by molar-refractivity contribution is 6.18. The zero-order valence-corrected chi connectivity index (χ0v) is 9.62. The number of ether oxygens (including phenoxy) is 2. The van der Waals surface area contributed by atoms with Gasteiger partial charge in [0.25, 0.3) is 0 Å². The van der Waals surface area contributed by atoms with E-state index in [0.717, 1.165) is 17.1 Å². The van der Waals surface area contributed by atoms with E-state index in [0.29, 0.717) is 12.7 Å². The van der Waals surface area contributed by atoms with Gasteiger partial charge in [-0.1, -0.05) is 6.07 Å². The van der Waals surface area contributed by atoms with Crippen LogP contribution < -0.4 is 9.47 Å². The number of nitrogens with zero attached hydrogens (tertiary/aromatic N) is 1. The van der Waals surface area contributed by atoms with Crippen LogP contribution in [0.2, 0.25) is 0 Å². The van der Waals surface area contributed by atoms with E-state index in [1.165, 1.54) is 0 Å². The van der Waals surface area contributed by atoms with Crippen molar-refractivity contribution in [2.45, 2.75) is 6.04 Å². The first-order chi connectivity index (χ1) is 7.22. The number of alkyl halides is 1. The Morgan fingerprint density at radius 3 is 2.73 bits per heavy atom. The summed E-state index contributed by atoms with van der Waals surface area (Å²) in [4.78, 5) is 2.09. The van der Waals surface area contributed by atoms with E-state index in [1.54, 1.807) is 0 Å². The molecule has 0 saturated heterocycles. The second kappa shape index (κ2) is 4.29. The molecule has 0 N–H and O–H groups in total. The van der Waals surface area contributed by atoms with Gasteiger partial charge in [-0.05, 0) is 31.8 Å². The van der Waals surface area contributed by atoms with Gasteiger partial charge in [-0.3, -0.25) is 0 Å². The highest BCUT2D eigenvalue weighted by Crippen LogP contribution is 2.35. The van der Waals surface area contributed by atoms with Crippen molar-refractivity contribution in [3.63, 3.8) is 0 Å². The van der Waals surface area contributed by atoms with Crippen LogP contribution >= 0.6 is 11.6 Å². The standard InChI is InChI=1S/C11H14ClNO2/c1-13(2)9(6-12)8-3-4-10-11(5-8)15-7-14-10/h3-5,9H,6-7H2,1-2H3. The molecule has 2 rings (SSSR count). The van der Waals surface area contributed by atoms with Gasteiger partial charge < -0.3 is 14.4 Å². The maximum atomic E-state index is 5.93. The number of hydrogen-bond donors (Lipinski definition) is 0. The molecule has 82 valence electrons. The summed E-state index contributed by atoms with van der Waals surface area (Å²) < 4.78 is 10.6. The number of halogens is 1. The van der Waals surface area contributed by atoms with E-state index < -0.39 is 0 Å². The van der Waals surface area contributed by atoms with Crippen molar-refractivity contribution in [2.24, 2.45) is 0 Å². The average Bonchev–Trinajstić information content (AvgIpc) is 2.65. The predicted molar refractivity (Wildman–Crippen MR) is 59.7 cm³/mol. The molecule has 0 radical (unpaired) electrons. The highest BCUT2D eigenvalue weighted by atomic mass is 35.5. The smallest absolute Gasteiger partial charge is 0.231 e. The molecule has 0 bridgehead atoms. The van der Waals surface area contributed by atoms with E-state index in [2.05, 4.69) is 4.90 Å². The lowest BCUT2D eigenvalue weighted by Crippen LogP contribution is -2.21. The van der Waals surface area contributed by atoms with Crippen LogP contribution in [0.25, 0.3) is 0 Å². The fourth-order valence-electron chi connectivity index (χ4n) is 1.65. The summed E-state index contributed by atoms with van der Waals surface area (Å²) >= 11 is 5.93. The third-order valence-corrected chi connectivity index (χ3v) is 2.84. The minimum Gasteiger partial charge on any atom is -0.454 e.